The lowest BCUT2D eigenvalue weighted by atomic mass is 9.78. The molecule has 1 aromatic rings. The molecule has 104 valence electrons. The monoisotopic (exact) mass is 278 g/mol. The van der Waals surface area contributed by atoms with Crippen LogP contribution in [0.3, 0.4) is 0 Å². The van der Waals surface area contributed by atoms with Crippen molar-refractivity contribution in [3.05, 3.63) is 34.3 Å². The van der Waals surface area contributed by atoms with Crippen LogP contribution in [0.25, 0.3) is 0 Å². The van der Waals surface area contributed by atoms with Crippen LogP contribution in [0.15, 0.2) is 18.2 Å². The summed E-state index contributed by atoms with van der Waals surface area (Å²) in [7, 11) is 0. The van der Waals surface area contributed by atoms with Crippen LogP contribution < -0.4 is 5.73 Å². The highest BCUT2D eigenvalue weighted by molar-refractivity contribution is 6.31. The van der Waals surface area contributed by atoms with Gasteiger partial charge in [-0.3, -0.25) is 4.90 Å². The molecule has 3 rings (SSSR count). The molecule has 0 spiro atoms. The molecule has 1 heterocycles. The molecule has 2 N–H and O–H groups in total. The number of benzene rings is 1. The second kappa shape index (κ2) is 5.43. The fraction of sp³-hybridized carbons (Fsp3) is 0.625. The molecule has 1 aliphatic carbocycles. The van der Waals surface area contributed by atoms with Crippen LogP contribution in [0.1, 0.15) is 30.4 Å². The summed E-state index contributed by atoms with van der Waals surface area (Å²) in [5.41, 5.74) is 8.75. The topological polar surface area (TPSA) is 29.3 Å². The first kappa shape index (κ1) is 13.4. The lowest BCUT2D eigenvalue weighted by Crippen LogP contribution is -2.38. The van der Waals surface area contributed by atoms with Gasteiger partial charge in [0.1, 0.15) is 0 Å². The lowest BCUT2D eigenvalue weighted by Gasteiger charge is -2.29. The van der Waals surface area contributed by atoms with Crippen molar-refractivity contribution in [3.8, 4) is 0 Å². The third-order valence-electron chi connectivity index (χ3n) is 4.83. The van der Waals surface area contributed by atoms with E-state index in [4.69, 9.17) is 17.3 Å². The number of halogens is 1. The Morgan fingerprint density at radius 2 is 2.16 bits per heavy atom. The van der Waals surface area contributed by atoms with Crippen LogP contribution in [0.5, 0.6) is 0 Å². The Bertz CT molecular complexity index is 460. The number of aryl methyl sites for hydroxylation is 1. The van der Waals surface area contributed by atoms with Crippen molar-refractivity contribution in [3.63, 3.8) is 0 Å². The smallest absolute Gasteiger partial charge is 0.0453 e. The second-order valence-electron chi connectivity index (χ2n) is 6.31. The van der Waals surface area contributed by atoms with E-state index in [0.717, 1.165) is 24.0 Å². The van der Waals surface area contributed by atoms with Gasteiger partial charge < -0.3 is 5.73 Å². The summed E-state index contributed by atoms with van der Waals surface area (Å²) in [6, 6.07) is 6.79. The normalized spacial score (nSPS) is 31.4. The predicted octanol–water partition coefficient (Wildman–Crippen LogP) is 3.21. The zero-order chi connectivity index (χ0) is 13.4. The zero-order valence-corrected chi connectivity index (χ0v) is 12.4. The minimum Gasteiger partial charge on any atom is -0.327 e. The van der Waals surface area contributed by atoms with Crippen LogP contribution in [-0.2, 0) is 6.54 Å². The molecule has 3 unspecified atom stereocenters. The zero-order valence-electron chi connectivity index (χ0n) is 11.6. The van der Waals surface area contributed by atoms with Crippen LogP contribution in [0.2, 0.25) is 5.02 Å². The SMILES string of the molecule is Cc1ccc(CN2CC3CCCC(N)C3C2)c(Cl)c1. The van der Waals surface area contributed by atoms with Crippen molar-refractivity contribution in [1.29, 1.82) is 0 Å². The average molecular weight is 279 g/mol. The number of hydrogen-bond donors (Lipinski definition) is 1. The quantitative estimate of drug-likeness (QED) is 0.900. The van der Waals surface area contributed by atoms with Gasteiger partial charge in [0, 0.05) is 30.7 Å². The number of nitrogens with two attached hydrogens (primary N) is 1. The van der Waals surface area contributed by atoms with Crippen LogP contribution in [0.4, 0.5) is 0 Å². The average Bonchev–Trinajstić information content (AvgIpc) is 2.77. The van der Waals surface area contributed by atoms with Crippen LogP contribution in [0, 0.1) is 18.8 Å². The molecule has 1 saturated carbocycles. The molecule has 19 heavy (non-hydrogen) atoms. The Kier molecular flexibility index (Phi) is 3.84. The number of nitrogens with zero attached hydrogens (tertiary/aromatic N) is 1. The molecule has 3 atom stereocenters. The van der Waals surface area contributed by atoms with E-state index < -0.39 is 0 Å². The fourth-order valence-electron chi connectivity index (χ4n) is 3.76. The number of rotatable bonds is 2. The minimum absolute atomic E-state index is 0.414. The third-order valence-corrected chi connectivity index (χ3v) is 5.18. The summed E-state index contributed by atoms with van der Waals surface area (Å²) in [5, 5.41) is 0.902. The van der Waals surface area contributed by atoms with Crippen molar-refractivity contribution < 1.29 is 0 Å². The Hall–Kier alpha value is -0.570. The molecule has 1 saturated heterocycles. The first-order chi connectivity index (χ1) is 9.13. The Labute approximate surface area is 120 Å². The van der Waals surface area contributed by atoms with Crippen molar-refractivity contribution in [2.75, 3.05) is 13.1 Å². The van der Waals surface area contributed by atoms with Gasteiger partial charge in [-0.1, -0.05) is 30.2 Å². The van der Waals surface area contributed by atoms with E-state index in [-0.39, 0.29) is 0 Å². The second-order valence-corrected chi connectivity index (χ2v) is 6.71. The van der Waals surface area contributed by atoms with E-state index in [9.17, 15) is 0 Å². The molecule has 2 aliphatic rings. The van der Waals surface area contributed by atoms with Gasteiger partial charge in [-0.15, -0.1) is 0 Å². The van der Waals surface area contributed by atoms with E-state index in [1.807, 2.05) is 0 Å². The largest absolute Gasteiger partial charge is 0.327 e. The highest BCUT2D eigenvalue weighted by Gasteiger charge is 2.38. The summed E-state index contributed by atoms with van der Waals surface area (Å²) in [6.07, 6.45) is 3.87. The molecule has 0 radical (unpaired) electrons. The molecule has 0 bridgehead atoms. The molecule has 2 nitrogen and oxygen atoms in total. The summed E-state index contributed by atoms with van der Waals surface area (Å²) in [6.45, 7) is 5.40. The fourth-order valence-corrected chi connectivity index (χ4v) is 4.05. The molecule has 2 fully saturated rings. The summed E-state index contributed by atoms with van der Waals surface area (Å²) in [4.78, 5) is 2.54. The predicted molar refractivity (Wildman–Crippen MR) is 80.3 cm³/mol. The molecular weight excluding hydrogens is 256 g/mol. The Morgan fingerprint density at radius 3 is 2.89 bits per heavy atom. The molecule has 3 heteroatoms. The van der Waals surface area contributed by atoms with Crippen molar-refractivity contribution in [2.24, 2.45) is 17.6 Å². The lowest BCUT2D eigenvalue weighted by molar-refractivity contribution is 0.259. The maximum Gasteiger partial charge on any atom is 0.0453 e. The first-order valence-corrected chi connectivity index (χ1v) is 7.74. The maximum absolute atomic E-state index is 6.34. The minimum atomic E-state index is 0.414. The maximum atomic E-state index is 6.34. The number of hydrogen-bond acceptors (Lipinski definition) is 2. The Morgan fingerprint density at radius 1 is 1.32 bits per heavy atom. The summed E-state index contributed by atoms with van der Waals surface area (Å²) in [5.74, 6) is 1.52. The summed E-state index contributed by atoms with van der Waals surface area (Å²) < 4.78 is 0. The van der Waals surface area contributed by atoms with Gasteiger partial charge in [0.05, 0.1) is 0 Å². The van der Waals surface area contributed by atoms with Gasteiger partial charge in [-0.05, 0) is 48.8 Å². The van der Waals surface area contributed by atoms with Crippen molar-refractivity contribution in [2.45, 2.75) is 38.8 Å². The Balaban J connectivity index is 1.68. The van der Waals surface area contributed by atoms with Crippen LogP contribution in [-0.4, -0.2) is 24.0 Å². The standard InChI is InChI=1S/C16H23ClN2/c1-11-5-6-13(15(17)7-11)9-19-8-12-3-2-4-16(18)14(12)10-19/h5-7,12,14,16H,2-4,8-10,18H2,1H3. The highest BCUT2D eigenvalue weighted by Crippen LogP contribution is 2.36. The van der Waals surface area contributed by atoms with Gasteiger partial charge in [0.15, 0.2) is 0 Å². The molecule has 1 aliphatic heterocycles. The van der Waals surface area contributed by atoms with Gasteiger partial charge in [-0.2, -0.15) is 0 Å². The van der Waals surface area contributed by atoms with Crippen molar-refractivity contribution >= 4 is 11.6 Å². The van der Waals surface area contributed by atoms with E-state index >= 15 is 0 Å². The van der Waals surface area contributed by atoms with Gasteiger partial charge in [-0.25, -0.2) is 0 Å². The molecule has 1 aromatic carbocycles. The van der Waals surface area contributed by atoms with Gasteiger partial charge >= 0.3 is 0 Å². The first-order valence-electron chi connectivity index (χ1n) is 7.36. The van der Waals surface area contributed by atoms with Crippen molar-refractivity contribution in [1.82, 2.24) is 4.90 Å². The van der Waals surface area contributed by atoms with Crippen LogP contribution >= 0.6 is 11.6 Å². The number of fused-ring (bicyclic) bond motifs is 1. The van der Waals surface area contributed by atoms with Gasteiger partial charge in [0.25, 0.3) is 0 Å². The highest BCUT2D eigenvalue weighted by atomic mass is 35.5. The summed E-state index contributed by atoms with van der Waals surface area (Å²) >= 11 is 6.34. The molecule has 0 amide bonds. The van der Waals surface area contributed by atoms with Gasteiger partial charge in [0.2, 0.25) is 0 Å². The van der Waals surface area contributed by atoms with E-state index in [1.54, 1.807) is 0 Å². The molecular formula is C16H23ClN2. The van der Waals surface area contributed by atoms with E-state index in [1.165, 1.54) is 36.9 Å². The third kappa shape index (κ3) is 2.81. The van der Waals surface area contributed by atoms with E-state index in [0.29, 0.717) is 12.0 Å². The van der Waals surface area contributed by atoms with E-state index in [2.05, 4.69) is 30.0 Å². The number of likely N-dealkylation sites (tertiary alicyclic amines) is 1. The molecule has 0 aromatic heterocycles.